The molecule has 3 rings (SSSR count). The summed E-state index contributed by atoms with van der Waals surface area (Å²) in [6.07, 6.45) is 3.03. The van der Waals surface area contributed by atoms with Crippen molar-refractivity contribution in [3.05, 3.63) is 22.4 Å². The monoisotopic (exact) mass is 437 g/mol. The summed E-state index contributed by atoms with van der Waals surface area (Å²) >= 11 is 1.77. The number of nitrogens with zero attached hydrogens (tertiary/aromatic N) is 1. The van der Waals surface area contributed by atoms with Gasteiger partial charge >= 0.3 is 0 Å². The van der Waals surface area contributed by atoms with Gasteiger partial charge in [0.25, 0.3) is 0 Å². The predicted molar refractivity (Wildman–Crippen MR) is 116 cm³/mol. The summed E-state index contributed by atoms with van der Waals surface area (Å²) in [4.78, 5) is 16.3. The molecule has 156 valence electrons. The van der Waals surface area contributed by atoms with Crippen LogP contribution in [0, 0.1) is 11.8 Å². The van der Waals surface area contributed by atoms with Crippen LogP contribution in [-0.4, -0.2) is 56.7 Å². The zero-order valence-corrected chi connectivity index (χ0v) is 18.5. The van der Waals surface area contributed by atoms with Crippen molar-refractivity contribution in [2.45, 2.75) is 32.2 Å². The molecule has 2 aliphatic heterocycles. The Bertz CT molecular complexity index is 521. The van der Waals surface area contributed by atoms with Crippen LogP contribution in [0.1, 0.15) is 37.1 Å². The van der Waals surface area contributed by atoms with Gasteiger partial charge in [-0.15, -0.1) is 36.2 Å². The minimum Gasteiger partial charge on any atom is -0.379 e. The van der Waals surface area contributed by atoms with Crippen molar-refractivity contribution < 1.29 is 9.53 Å². The van der Waals surface area contributed by atoms with Crippen LogP contribution in [-0.2, 0) is 9.53 Å². The molecule has 0 bridgehead atoms. The topological polar surface area (TPSA) is 53.6 Å². The molecule has 0 aromatic carbocycles. The molecule has 2 saturated heterocycles. The molecule has 0 spiro atoms. The number of halogens is 2. The summed E-state index contributed by atoms with van der Waals surface area (Å²) in [5, 5.41) is 8.72. The van der Waals surface area contributed by atoms with Gasteiger partial charge in [-0.2, -0.15) is 0 Å². The summed E-state index contributed by atoms with van der Waals surface area (Å²) in [5.41, 5.74) is 0. The van der Waals surface area contributed by atoms with Crippen molar-refractivity contribution in [3.8, 4) is 0 Å². The number of ether oxygens (including phenoxy) is 1. The highest BCUT2D eigenvalue weighted by Gasteiger charge is 2.25. The molecule has 1 aromatic heterocycles. The minimum absolute atomic E-state index is 0. The van der Waals surface area contributed by atoms with E-state index in [9.17, 15) is 4.79 Å². The number of piperidine rings is 1. The highest BCUT2D eigenvalue weighted by molar-refractivity contribution is 7.10. The van der Waals surface area contributed by atoms with Crippen LogP contribution >= 0.6 is 36.2 Å². The molecule has 27 heavy (non-hydrogen) atoms. The van der Waals surface area contributed by atoms with Gasteiger partial charge < -0.3 is 15.4 Å². The number of carbonyl (C=O) groups is 1. The van der Waals surface area contributed by atoms with Gasteiger partial charge in [-0.1, -0.05) is 13.0 Å². The third kappa shape index (κ3) is 7.52. The van der Waals surface area contributed by atoms with E-state index >= 15 is 0 Å². The van der Waals surface area contributed by atoms with E-state index in [-0.39, 0.29) is 36.8 Å². The smallest absolute Gasteiger partial charge is 0.220 e. The second-order valence-electron chi connectivity index (χ2n) is 7.25. The number of thiophene rings is 1. The Kier molecular flexibility index (Phi) is 11.8. The lowest BCUT2D eigenvalue weighted by atomic mass is 9.84. The van der Waals surface area contributed by atoms with Gasteiger partial charge in [0.2, 0.25) is 5.91 Å². The van der Waals surface area contributed by atoms with Crippen molar-refractivity contribution in [2.24, 2.45) is 11.8 Å². The van der Waals surface area contributed by atoms with Gasteiger partial charge in [0, 0.05) is 30.9 Å². The lowest BCUT2D eigenvalue weighted by Gasteiger charge is -2.34. The molecule has 0 aliphatic carbocycles. The zero-order valence-electron chi connectivity index (χ0n) is 16.0. The summed E-state index contributed by atoms with van der Waals surface area (Å²) < 4.78 is 5.48. The van der Waals surface area contributed by atoms with Crippen molar-refractivity contribution in [2.75, 3.05) is 45.9 Å². The normalized spacial score (nSPS) is 20.8. The van der Waals surface area contributed by atoms with Gasteiger partial charge in [-0.05, 0) is 49.2 Å². The van der Waals surface area contributed by atoms with E-state index < -0.39 is 0 Å². The first-order chi connectivity index (χ1) is 12.2. The van der Waals surface area contributed by atoms with E-state index in [1.807, 2.05) is 0 Å². The number of amides is 1. The average molecular weight is 438 g/mol. The molecule has 2 aliphatic rings. The molecule has 1 amide bonds. The van der Waals surface area contributed by atoms with Gasteiger partial charge in [0.1, 0.15) is 0 Å². The number of hydrogen-bond acceptors (Lipinski definition) is 5. The summed E-state index contributed by atoms with van der Waals surface area (Å²) in [7, 11) is 0. The number of hydrogen-bond donors (Lipinski definition) is 2. The Morgan fingerprint density at radius 2 is 2.04 bits per heavy atom. The molecule has 2 atom stereocenters. The molecule has 0 radical (unpaired) electrons. The minimum atomic E-state index is 0. The Morgan fingerprint density at radius 1 is 1.33 bits per heavy atom. The molecule has 2 N–H and O–H groups in total. The van der Waals surface area contributed by atoms with Crippen LogP contribution in [0.5, 0.6) is 0 Å². The molecular weight excluding hydrogens is 405 g/mol. The first-order valence-corrected chi connectivity index (χ1v) is 10.4. The highest BCUT2D eigenvalue weighted by atomic mass is 35.5. The van der Waals surface area contributed by atoms with E-state index in [4.69, 9.17) is 4.74 Å². The fraction of sp³-hybridized carbons (Fsp3) is 0.737. The van der Waals surface area contributed by atoms with Gasteiger partial charge in [-0.25, -0.2) is 0 Å². The number of rotatable bonds is 7. The second kappa shape index (κ2) is 13.0. The van der Waals surface area contributed by atoms with E-state index in [0.29, 0.717) is 24.8 Å². The molecule has 3 heterocycles. The fourth-order valence-corrected chi connectivity index (χ4v) is 4.80. The van der Waals surface area contributed by atoms with E-state index in [2.05, 4.69) is 40.0 Å². The molecule has 2 fully saturated rings. The molecule has 0 saturated carbocycles. The Hall–Kier alpha value is -0.370. The van der Waals surface area contributed by atoms with Crippen LogP contribution in [0.25, 0.3) is 0 Å². The predicted octanol–water partition coefficient (Wildman–Crippen LogP) is 3.11. The SMILES string of the molecule is CC(CC(=O)NCC(c1cccs1)N1CCOCC1)C1CCNCC1.Cl.Cl. The van der Waals surface area contributed by atoms with Crippen LogP contribution in [0.3, 0.4) is 0 Å². The maximum absolute atomic E-state index is 12.5. The lowest BCUT2D eigenvalue weighted by Crippen LogP contribution is -2.43. The van der Waals surface area contributed by atoms with Crippen LogP contribution in [0.2, 0.25) is 0 Å². The summed E-state index contributed by atoms with van der Waals surface area (Å²) in [5.74, 6) is 1.34. The maximum Gasteiger partial charge on any atom is 0.220 e. The Balaban J connectivity index is 0.00000182. The molecule has 8 heteroatoms. The Labute approximate surface area is 179 Å². The Morgan fingerprint density at radius 3 is 2.67 bits per heavy atom. The standard InChI is InChI=1S/C19H31N3O2S.2ClH/c1-15(16-4-6-20-7-5-16)13-19(23)21-14-17(18-3-2-12-25-18)22-8-10-24-11-9-22;;/h2-3,12,15-17,20H,4-11,13-14H2,1H3,(H,21,23);2*1H. The largest absolute Gasteiger partial charge is 0.379 e. The van der Waals surface area contributed by atoms with Crippen LogP contribution in [0.4, 0.5) is 0 Å². The van der Waals surface area contributed by atoms with Crippen molar-refractivity contribution >= 4 is 42.1 Å². The van der Waals surface area contributed by atoms with E-state index in [1.54, 1.807) is 11.3 Å². The van der Waals surface area contributed by atoms with E-state index in [1.165, 1.54) is 17.7 Å². The van der Waals surface area contributed by atoms with Crippen molar-refractivity contribution in [3.63, 3.8) is 0 Å². The van der Waals surface area contributed by atoms with Crippen molar-refractivity contribution in [1.82, 2.24) is 15.5 Å². The lowest BCUT2D eigenvalue weighted by molar-refractivity contribution is -0.122. The third-order valence-corrected chi connectivity index (χ3v) is 6.52. The first-order valence-electron chi connectivity index (χ1n) is 9.56. The van der Waals surface area contributed by atoms with Gasteiger partial charge in [0.15, 0.2) is 0 Å². The summed E-state index contributed by atoms with van der Waals surface area (Å²) in [6.45, 7) is 8.54. The van der Waals surface area contributed by atoms with Crippen LogP contribution < -0.4 is 10.6 Å². The fourth-order valence-electron chi connectivity index (χ4n) is 3.93. The third-order valence-electron chi connectivity index (χ3n) is 5.55. The average Bonchev–Trinajstić information content (AvgIpc) is 3.18. The number of nitrogens with one attached hydrogen (secondary N) is 2. The van der Waals surface area contributed by atoms with Crippen molar-refractivity contribution in [1.29, 1.82) is 0 Å². The molecular formula is C19H33Cl2N3O2S. The van der Waals surface area contributed by atoms with Gasteiger partial charge in [0.05, 0.1) is 19.3 Å². The first kappa shape index (κ1) is 24.7. The zero-order chi connectivity index (χ0) is 17.5. The van der Waals surface area contributed by atoms with Crippen LogP contribution in [0.15, 0.2) is 17.5 Å². The molecule has 1 aromatic rings. The number of carbonyl (C=O) groups excluding carboxylic acids is 1. The van der Waals surface area contributed by atoms with Gasteiger partial charge in [-0.3, -0.25) is 9.69 Å². The highest BCUT2D eigenvalue weighted by Crippen LogP contribution is 2.26. The quantitative estimate of drug-likeness (QED) is 0.687. The molecule has 5 nitrogen and oxygen atoms in total. The second-order valence-corrected chi connectivity index (χ2v) is 8.23. The maximum atomic E-state index is 12.5. The van der Waals surface area contributed by atoms with E-state index in [0.717, 1.165) is 39.4 Å². The number of morpholine rings is 1. The molecule has 2 unspecified atom stereocenters. The summed E-state index contributed by atoms with van der Waals surface area (Å²) in [6, 6.07) is 4.53.